The normalized spacial score (nSPS) is 10.6. The Kier molecular flexibility index (Phi) is 3.98. The lowest BCUT2D eigenvalue weighted by atomic mass is 10.0. The van der Waals surface area contributed by atoms with Crippen LogP contribution in [0.25, 0.3) is 33.2 Å². The molecule has 0 bridgehead atoms. The number of aromatic nitrogens is 1. The fraction of sp³-hybridized carbons (Fsp3) is 0.105. The Morgan fingerprint density at radius 1 is 0.957 bits per heavy atom. The summed E-state index contributed by atoms with van der Waals surface area (Å²) < 4.78 is 19.8. The monoisotopic (exact) mass is 309 g/mol. The van der Waals surface area contributed by atoms with Crippen LogP contribution in [0.1, 0.15) is 13.8 Å². The first-order valence-corrected chi connectivity index (χ1v) is 7.53. The standard InChI is InChI=1S/C17H10FNO2.C2H6/c18-13-7-3-1-5-10(13)12-9-15(20)19-16-11-6-2-4-8-14(11)21-17(12)16;1-2/h1-9H,(H,19,20);1-2H3. The van der Waals surface area contributed by atoms with E-state index in [1.54, 1.807) is 18.2 Å². The molecule has 0 spiro atoms. The maximum Gasteiger partial charge on any atom is 0.249 e. The van der Waals surface area contributed by atoms with Crippen molar-refractivity contribution in [3.05, 3.63) is 70.8 Å². The molecule has 4 aromatic rings. The molecule has 4 rings (SSSR count). The van der Waals surface area contributed by atoms with Crippen LogP contribution in [-0.4, -0.2) is 4.98 Å². The van der Waals surface area contributed by atoms with Crippen LogP contribution in [0.3, 0.4) is 0 Å². The molecule has 1 N–H and O–H groups in total. The van der Waals surface area contributed by atoms with Crippen LogP contribution in [0.15, 0.2) is 63.8 Å². The van der Waals surface area contributed by atoms with E-state index in [2.05, 4.69) is 4.98 Å². The summed E-state index contributed by atoms with van der Waals surface area (Å²) in [7, 11) is 0. The molecule has 0 aliphatic heterocycles. The van der Waals surface area contributed by atoms with Crippen LogP contribution in [0.4, 0.5) is 4.39 Å². The van der Waals surface area contributed by atoms with Crippen molar-refractivity contribution in [2.45, 2.75) is 13.8 Å². The van der Waals surface area contributed by atoms with Gasteiger partial charge in [-0.25, -0.2) is 4.39 Å². The van der Waals surface area contributed by atoms with E-state index in [9.17, 15) is 9.18 Å². The molecule has 0 amide bonds. The Morgan fingerprint density at radius 2 is 1.65 bits per heavy atom. The molecule has 3 nitrogen and oxygen atoms in total. The van der Waals surface area contributed by atoms with Crippen molar-refractivity contribution >= 4 is 22.1 Å². The zero-order valence-corrected chi connectivity index (χ0v) is 12.9. The maximum absolute atomic E-state index is 14.0. The lowest BCUT2D eigenvalue weighted by Gasteiger charge is -2.03. The van der Waals surface area contributed by atoms with Crippen LogP contribution >= 0.6 is 0 Å². The molecule has 0 atom stereocenters. The average Bonchev–Trinajstić information content (AvgIpc) is 2.95. The molecule has 0 saturated carbocycles. The highest BCUT2D eigenvalue weighted by Crippen LogP contribution is 2.34. The molecule has 4 heteroatoms. The molecule has 0 fully saturated rings. The third-order valence-corrected chi connectivity index (χ3v) is 3.53. The molecule has 0 unspecified atom stereocenters. The second-order valence-corrected chi connectivity index (χ2v) is 4.83. The van der Waals surface area contributed by atoms with Crippen LogP contribution in [0, 0.1) is 5.82 Å². The minimum Gasteiger partial charge on any atom is -0.454 e. The largest absolute Gasteiger partial charge is 0.454 e. The second kappa shape index (κ2) is 6.08. The zero-order chi connectivity index (χ0) is 16.4. The number of H-pyrrole nitrogens is 1. The van der Waals surface area contributed by atoms with E-state index in [-0.39, 0.29) is 11.4 Å². The number of halogens is 1. The van der Waals surface area contributed by atoms with Crippen molar-refractivity contribution in [3.8, 4) is 11.1 Å². The van der Waals surface area contributed by atoms with Gasteiger partial charge in [0.2, 0.25) is 5.56 Å². The summed E-state index contributed by atoms with van der Waals surface area (Å²) in [4.78, 5) is 14.7. The molecule has 116 valence electrons. The second-order valence-electron chi connectivity index (χ2n) is 4.83. The van der Waals surface area contributed by atoms with Crippen molar-refractivity contribution in [3.63, 3.8) is 0 Å². The Bertz CT molecular complexity index is 1030. The van der Waals surface area contributed by atoms with Gasteiger partial charge in [0.15, 0.2) is 5.58 Å². The van der Waals surface area contributed by atoms with E-state index in [4.69, 9.17) is 4.42 Å². The van der Waals surface area contributed by atoms with Crippen LogP contribution in [-0.2, 0) is 0 Å². The SMILES string of the molecule is CC.O=c1cc(-c2ccccc2F)c2oc3ccccc3c2[nH]1. The third kappa shape index (κ3) is 2.52. The maximum atomic E-state index is 14.0. The highest BCUT2D eigenvalue weighted by atomic mass is 19.1. The fourth-order valence-corrected chi connectivity index (χ4v) is 2.59. The predicted molar refractivity (Wildman–Crippen MR) is 91.1 cm³/mol. The molecule has 0 saturated heterocycles. The number of hydrogen-bond donors (Lipinski definition) is 1. The summed E-state index contributed by atoms with van der Waals surface area (Å²) in [5, 5.41) is 0.808. The molecular weight excluding hydrogens is 293 g/mol. The zero-order valence-electron chi connectivity index (χ0n) is 12.9. The van der Waals surface area contributed by atoms with Gasteiger partial charge in [0, 0.05) is 22.6 Å². The van der Waals surface area contributed by atoms with Gasteiger partial charge in [0.05, 0.1) is 5.52 Å². The Morgan fingerprint density at radius 3 is 2.43 bits per heavy atom. The van der Waals surface area contributed by atoms with Gasteiger partial charge in [0.1, 0.15) is 11.4 Å². The number of benzene rings is 2. The van der Waals surface area contributed by atoms with E-state index in [1.165, 1.54) is 12.1 Å². The van der Waals surface area contributed by atoms with Crippen molar-refractivity contribution in [1.29, 1.82) is 0 Å². The molecule has 2 aromatic heterocycles. The number of fused-ring (bicyclic) bond motifs is 3. The number of pyridine rings is 1. The van der Waals surface area contributed by atoms with Gasteiger partial charge in [-0.05, 0) is 18.2 Å². The Labute approximate surface area is 132 Å². The third-order valence-electron chi connectivity index (χ3n) is 3.53. The van der Waals surface area contributed by atoms with Crippen molar-refractivity contribution in [2.75, 3.05) is 0 Å². The van der Waals surface area contributed by atoms with Gasteiger partial charge in [-0.15, -0.1) is 0 Å². The first-order chi connectivity index (χ1) is 11.2. The molecule has 23 heavy (non-hydrogen) atoms. The summed E-state index contributed by atoms with van der Waals surface area (Å²) in [6.45, 7) is 4.00. The van der Waals surface area contributed by atoms with E-state index in [0.717, 1.165) is 5.39 Å². The first kappa shape index (κ1) is 15.0. The smallest absolute Gasteiger partial charge is 0.249 e. The van der Waals surface area contributed by atoms with Crippen LogP contribution < -0.4 is 5.56 Å². The average molecular weight is 309 g/mol. The Hall–Kier alpha value is -2.88. The van der Waals surface area contributed by atoms with Gasteiger partial charge in [-0.1, -0.05) is 44.2 Å². The Balaban J connectivity index is 0.000000753. The molecule has 2 heterocycles. The number of para-hydroxylation sites is 1. The summed E-state index contributed by atoms with van der Waals surface area (Å²) in [6, 6.07) is 15.1. The van der Waals surface area contributed by atoms with E-state index < -0.39 is 0 Å². The topological polar surface area (TPSA) is 46.0 Å². The van der Waals surface area contributed by atoms with Crippen LogP contribution in [0.2, 0.25) is 0 Å². The van der Waals surface area contributed by atoms with E-state index in [1.807, 2.05) is 38.1 Å². The predicted octanol–water partition coefficient (Wildman–Crippen LogP) is 5.11. The van der Waals surface area contributed by atoms with E-state index >= 15 is 0 Å². The van der Waals surface area contributed by atoms with Crippen molar-refractivity contribution < 1.29 is 8.81 Å². The highest BCUT2D eigenvalue weighted by Gasteiger charge is 2.15. The highest BCUT2D eigenvalue weighted by molar-refractivity contribution is 6.07. The van der Waals surface area contributed by atoms with Gasteiger partial charge in [-0.2, -0.15) is 0 Å². The quantitative estimate of drug-likeness (QED) is 0.531. The number of hydrogen-bond acceptors (Lipinski definition) is 2. The van der Waals surface area contributed by atoms with Crippen molar-refractivity contribution in [2.24, 2.45) is 0 Å². The summed E-state index contributed by atoms with van der Waals surface area (Å²) in [5.41, 5.74) is 2.27. The molecule has 0 radical (unpaired) electrons. The minimum absolute atomic E-state index is 0.285. The van der Waals surface area contributed by atoms with Gasteiger partial charge in [-0.3, -0.25) is 4.79 Å². The summed E-state index contributed by atoms with van der Waals surface area (Å²) in [5.74, 6) is -0.384. The lowest BCUT2D eigenvalue weighted by Crippen LogP contribution is -2.04. The van der Waals surface area contributed by atoms with Crippen molar-refractivity contribution in [1.82, 2.24) is 4.98 Å². The summed E-state index contributed by atoms with van der Waals surface area (Å²) in [6.07, 6.45) is 0. The van der Waals surface area contributed by atoms with Gasteiger partial charge < -0.3 is 9.40 Å². The van der Waals surface area contributed by atoms with E-state index in [0.29, 0.717) is 27.8 Å². The van der Waals surface area contributed by atoms with Crippen LogP contribution in [0.5, 0.6) is 0 Å². The summed E-state index contributed by atoms with van der Waals surface area (Å²) >= 11 is 0. The number of aromatic amines is 1. The molecular formula is C19H16FNO2. The lowest BCUT2D eigenvalue weighted by molar-refractivity contribution is 0.629. The molecule has 0 aliphatic rings. The fourth-order valence-electron chi connectivity index (χ4n) is 2.59. The number of furan rings is 1. The number of nitrogens with one attached hydrogen (secondary N) is 1. The molecule has 2 aromatic carbocycles. The first-order valence-electron chi connectivity index (χ1n) is 7.53. The molecule has 0 aliphatic carbocycles. The minimum atomic E-state index is -0.384. The van der Waals surface area contributed by atoms with Gasteiger partial charge in [0.25, 0.3) is 0 Å². The van der Waals surface area contributed by atoms with Gasteiger partial charge >= 0.3 is 0 Å². The number of rotatable bonds is 1.